The summed E-state index contributed by atoms with van der Waals surface area (Å²) in [5.41, 5.74) is -0.196. The highest BCUT2D eigenvalue weighted by Gasteiger charge is 2.39. The first kappa shape index (κ1) is 21.4. The van der Waals surface area contributed by atoms with E-state index in [1.54, 1.807) is 18.2 Å². The van der Waals surface area contributed by atoms with Crippen LogP contribution in [0.1, 0.15) is 26.5 Å². The van der Waals surface area contributed by atoms with Crippen LogP contribution in [0.15, 0.2) is 35.3 Å². The van der Waals surface area contributed by atoms with Gasteiger partial charge >= 0.3 is 17.6 Å². The number of nitrogens with one attached hydrogen (secondary N) is 1. The lowest BCUT2D eigenvalue weighted by atomic mass is 9.98. The van der Waals surface area contributed by atoms with Gasteiger partial charge in [-0.15, -0.1) is 0 Å². The second-order valence-corrected chi connectivity index (χ2v) is 6.69. The maximum atomic E-state index is 12.6. The van der Waals surface area contributed by atoms with Crippen molar-refractivity contribution in [3.8, 4) is 5.75 Å². The Kier molecular flexibility index (Phi) is 6.41. The third-order valence-corrected chi connectivity index (χ3v) is 4.40. The SMILES string of the molecule is [B]c1cn([C@H]2CC(OC(C)=O)[C@@H](COC(C)=O)O2)c(=O)nc1Nc1ccccc1O. The topological polar surface area (TPSA) is 129 Å². The van der Waals surface area contributed by atoms with E-state index < -0.39 is 36.1 Å². The zero-order valence-corrected chi connectivity index (χ0v) is 16.4. The summed E-state index contributed by atoms with van der Waals surface area (Å²) >= 11 is 0. The van der Waals surface area contributed by atoms with Gasteiger partial charge in [-0.05, 0) is 17.6 Å². The predicted octanol–water partition coefficient (Wildman–Crippen LogP) is 0.269. The Morgan fingerprint density at radius 2 is 2.07 bits per heavy atom. The van der Waals surface area contributed by atoms with Crippen LogP contribution >= 0.6 is 0 Å². The average Bonchev–Trinajstić information content (AvgIpc) is 3.06. The Hall–Kier alpha value is -3.34. The number of aromatic hydroxyl groups is 1. The van der Waals surface area contributed by atoms with Crippen LogP contribution in [0.5, 0.6) is 5.75 Å². The maximum absolute atomic E-state index is 12.6. The van der Waals surface area contributed by atoms with E-state index in [0.717, 1.165) is 0 Å². The fourth-order valence-corrected chi connectivity index (χ4v) is 3.06. The average molecular weight is 413 g/mol. The molecule has 1 saturated heterocycles. The predicted molar refractivity (Wildman–Crippen MR) is 106 cm³/mol. The summed E-state index contributed by atoms with van der Waals surface area (Å²) in [5, 5.41) is 12.7. The summed E-state index contributed by atoms with van der Waals surface area (Å²) in [7, 11) is 6.03. The molecule has 3 atom stereocenters. The Balaban J connectivity index is 1.82. The number of benzene rings is 1. The number of rotatable bonds is 6. The first-order valence-electron chi connectivity index (χ1n) is 9.14. The lowest BCUT2D eigenvalue weighted by molar-refractivity contribution is -0.155. The number of esters is 2. The third kappa shape index (κ3) is 4.98. The van der Waals surface area contributed by atoms with Crippen LogP contribution in [0.3, 0.4) is 0 Å². The molecule has 2 radical (unpaired) electrons. The molecule has 0 aliphatic carbocycles. The van der Waals surface area contributed by atoms with E-state index in [1.165, 1.54) is 30.7 Å². The summed E-state index contributed by atoms with van der Waals surface area (Å²) in [6, 6.07) is 6.43. The van der Waals surface area contributed by atoms with Crippen molar-refractivity contribution in [2.75, 3.05) is 11.9 Å². The quantitative estimate of drug-likeness (QED) is 0.389. The van der Waals surface area contributed by atoms with Gasteiger partial charge in [0, 0.05) is 26.5 Å². The lowest BCUT2D eigenvalue weighted by Gasteiger charge is -2.18. The molecule has 1 unspecified atom stereocenters. The normalized spacial score (nSPS) is 20.5. The molecule has 0 bridgehead atoms. The van der Waals surface area contributed by atoms with E-state index in [1.807, 2.05) is 0 Å². The van der Waals surface area contributed by atoms with Crippen LogP contribution in [-0.2, 0) is 23.8 Å². The molecule has 2 aromatic rings. The van der Waals surface area contributed by atoms with Crippen LogP contribution in [0.25, 0.3) is 0 Å². The second-order valence-electron chi connectivity index (χ2n) is 6.69. The van der Waals surface area contributed by atoms with Crippen molar-refractivity contribution in [2.24, 2.45) is 0 Å². The zero-order chi connectivity index (χ0) is 21.8. The highest BCUT2D eigenvalue weighted by atomic mass is 16.6. The molecule has 0 saturated carbocycles. The molecule has 2 heterocycles. The number of carbonyl (C=O) groups excluding carboxylic acids is 2. The number of hydrogen-bond acceptors (Lipinski definition) is 9. The van der Waals surface area contributed by atoms with Crippen LogP contribution < -0.4 is 16.5 Å². The summed E-state index contributed by atoms with van der Waals surface area (Å²) in [6.45, 7) is 2.37. The van der Waals surface area contributed by atoms with Gasteiger partial charge < -0.3 is 24.6 Å². The van der Waals surface area contributed by atoms with Crippen LogP contribution in [0.2, 0.25) is 0 Å². The van der Waals surface area contributed by atoms with E-state index in [0.29, 0.717) is 5.69 Å². The molecular formula is C19H20BN3O7. The lowest BCUT2D eigenvalue weighted by Crippen LogP contribution is -2.33. The molecule has 1 aliphatic rings. The van der Waals surface area contributed by atoms with E-state index in [9.17, 15) is 19.5 Å². The van der Waals surface area contributed by atoms with Crippen molar-refractivity contribution in [3.63, 3.8) is 0 Å². The Bertz CT molecular complexity index is 1010. The molecule has 1 aliphatic heterocycles. The van der Waals surface area contributed by atoms with Crippen molar-refractivity contribution >= 4 is 36.8 Å². The standard InChI is InChI=1S/C19H20BN3O7/c1-10(24)28-9-16-15(29-11(2)25)7-17(30-16)23-8-12(20)18(22-19(23)27)21-13-5-3-4-6-14(13)26/h3-6,8,15-17,26H,7,9H2,1-2H3,(H,21,22,27)/t15?,16-,17-/m1/s1. The molecule has 3 rings (SSSR count). The summed E-state index contributed by atoms with van der Waals surface area (Å²) in [4.78, 5) is 39.0. The molecule has 1 fully saturated rings. The third-order valence-electron chi connectivity index (χ3n) is 4.40. The molecular weight excluding hydrogens is 393 g/mol. The highest BCUT2D eigenvalue weighted by molar-refractivity contribution is 6.35. The maximum Gasteiger partial charge on any atom is 0.351 e. The number of ether oxygens (including phenoxy) is 3. The van der Waals surface area contributed by atoms with Crippen molar-refractivity contribution < 1.29 is 28.9 Å². The fourth-order valence-electron chi connectivity index (χ4n) is 3.06. The number of phenolic OH excluding ortho intramolecular Hbond substituents is 1. The number of hydrogen-bond donors (Lipinski definition) is 2. The van der Waals surface area contributed by atoms with Gasteiger partial charge in [0.1, 0.15) is 44.5 Å². The number of para-hydroxylation sites is 2. The first-order chi connectivity index (χ1) is 14.2. The molecule has 0 spiro atoms. The van der Waals surface area contributed by atoms with Gasteiger partial charge in [0.25, 0.3) is 0 Å². The van der Waals surface area contributed by atoms with Crippen LogP contribution in [-0.4, -0.2) is 53.3 Å². The van der Waals surface area contributed by atoms with E-state index in [4.69, 9.17) is 22.1 Å². The minimum Gasteiger partial charge on any atom is -0.506 e. The monoisotopic (exact) mass is 413 g/mol. The zero-order valence-electron chi connectivity index (χ0n) is 16.4. The number of carbonyl (C=O) groups is 2. The largest absolute Gasteiger partial charge is 0.506 e. The second kappa shape index (κ2) is 8.99. The smallest absolute Gasteiger partial charge is 0.351 e. The van der Waals surface area contributed by atoms with Gasteiger partial charge in [0.2, 0.25) is 0 Å². The molecule has 1 aromatic carbocycles. The van der Waals surface area contributed by atoms with E-state index in [-0.39, 0.29) is 30.1 Å². The van der Waals surface area contributed by atoms with Gasteiger partial charge in [0.05, 0.1) is 5.69 Å². The minimum atomic E-state index is -0.823. The first-order valence-corrected chi connectivity index (χ1v) is 9.14. The van der Waals surface area contributed by atoms with Crippen molar-refractivity contribution in [2.45, 2.75) is 38.7 Å². The molecule has 11 heteroatoms. The Morgan fingerprint density at radius 1 is 1.33 bits per heavy atom. The minimum absolute atomic E-state index is 0.0282. The fraction of sp³-hybridized carbons (Fsp3) is 0.368. The summed E-state index contributed by atoms with van der Waals surface area (Å²) in [6.07, 6.45) is -0.773. The molecule has 156 valence electrons. The van der Waals surface area contributed by atoms with Gasteiger partial charge in [-0.3, -0.25) is 14.2 Å². The van der Waals surface area contributed by atoms with Crippen molar-refractivity contribution in [1.82, 2.24) is 9.55 Å². The van der Waals surface area contributed by atoms with Crippen LogP contribution in [0.4, 0.5) is 11.5 Å². The highest BCUT2D eigenvalue weighted by Crippen LogP contribution is 2.30. The number of phenols is 1. The van der Waals surface area contributed by atoms with Crippen molar-refractivity contribution in [3.05, 3.63) is 40.9 Å². The van der Waals surface area contributed by atoms with E-state index in [2.05, 4.69) is 10.3 Å². The molecule has 30 heavy (non-hydrogen) atoms. The van der Waals surface area contributed by atoms with Gasteiger partial charge in [-0.1, -0.05) is 12.1 Å². The summed E-state index contributed by atoms with van der Waals surface area (Å²) in [5.74, 6) is -0.987. The Morgan fingerprint density at radius 3 is 2.73 bits per heavy atom. The Labute approximate surface area is 173 Å². The number of anilines is 2. The van der Waals surface area contributed by atoms with Gasteiger partial charge in [0.15, 0.2) is 0 Å². The van der Waals surface area contributed by atoms with E-state index >= 15 is 0 Å². The number of nitrogens with zero attached hydrogens (tertiary/aromatic N) is 2. The summed E-state index contributed by atoms with van der Waals surface area (Å²) < 4.78 is 17.1. The molecule has 0 amide bonds. The van der Waals surface area contributed by atoms with Gasteiger partial charge in [-0.25, -0.2) is 4.79 Å². The molecule has 2 N–H and O–H groups in total. The molecule has 10 nitrogen and oxygen atoms in total. The number of aromatic nitrogens is 2. The van der Waals surface area contributed by atoms with Crippen LogP contribution in [0, 0.1) is 0 Å². The van der Waals surface area contributed by atoms with Gasteiger partial charge in [-0.2, -0.15) is 4.98 Å². The van der Waals surface area contributed by atoms with Crippen molar-refractivity contribution in [1.29, 1.82) is 0 Å². The molecule has 1 aromatic heterocycles.